The van der Waals surface area contributed by atoms with Crippen molar-refractivity contribution in [3.05, 3.63) is 194 Å². The number of benzene rings is 9. The van der Waals surface area contributed by atoms with Gasteiger partial charge in [0.25, 0.3) is 0 Å². The number of hydrogen-bond donors (Lipinski definition) is 0. The number of hydrogen-bond acceptors (Lipinski definition) is 3. The first-order valence-electron chi connectivity index (χ1n) is 19.2. The molecular weight excluding hydrogens is 714 g/mol. The first-order chi connectivity index (χ1) is 28.1. The maximum atomic E-state index is 15.9. The highest BCUT2D eigenvalue weighted by Gasteiger charge is 2.31. The molecule has 0 aliphatic heterocycles. The van der Waals surface area contributed by atoms with Crippen molar-refractivity contribution in [1.29, 1.82) is 0 Å². The quantitative estimate of drug-likeness (QED) is 0.133. The minimum absolute atomic E-state index is 0.773. The molecule has 0 bridgehead atoms. The summed E-state index contributed by atoms with van der Waals surface area (Å²) in [7, 11) is -3.31. The molecule has 12 aromatic rings. The van der Waals surface area contributed by atoms with Crippen LogP contribution in [0.3, 0.4) is 0 Å². The van der Waals surface area contributed by atoms with Crippen molar-refractivity contribution in [2.75, 3.05) is 0 Å². The lowest BCUT2D eigenvalue weighted by Crippen LogP contribution is -2.25. The Hall–Kier alpha value is -7.13. The summed E-state index contributed by atoms with van der Waals surface area (Å²) in [5.74, 6) is 0. The van der Waals surface area contributed by atoms with E-state index in [0.29, 0.717) is 0 Å². The lowest BCUT2D eigenvalue weighted by Gasteiger charge is -2.21. The molecule has 0 amide bonds. The average Bonchev–Trinajstić information content (AvgIpc) is 3.68. The number of para-hydroxylation sites is 2. The normalized spacial score (nSPS) is 13.1. The van der Waals surface area contributed by atoms with Gasteiger partial charge >= 0.3 is 0 Å². The predicted octanol–water partition coefficient (Wildman–Crippen LogP) is 12.1. The van der Waals surface area contributed by atoms with Gasteiger partial charge in [0.05, 0.1) is 22.1 Å². The van der Waals surface area contributed by atoms with Crippen LogP contribution in [0.5, 0.6) is 0 Å². The predicted molar refractivity (Wildman–Crippen MR) is 240 cm³/mol. The van der Waals surface area contributed by atoms with Crippen LogP contribution >= 0.6 is 7.14 Å². The summed E-state index contributed by atoms with van der Waals surface area (Å²) >= 11 is 0. The first kappa shape index (κ1) is 32.1. The van der Waals surface area contributed by atoms with Crippen molar-refractivity contribution in [2.24, 2.45) is 0 Å². The zero-order valence-electron chi connectivity index (χ0n) is 30.7. The molecule has 0 aliphatic carbocycles. The van der Waals surface area contributed by atoms with Crippen molar-refractivity contribution >= 4 is 105 Å². The van der Waals surface area contributed by atoms with Gasteiger partial charge in [-0.2, -0.15) is 0 Å². The van der Waals surface area contributed by atoms with Gasteiger partial charge in [0.15, 0.2) is 7.14 Å². The molecule has 1 atom stereocenters. The van der Waals surface area contributed by atoms with Crippen molar-refractivity contribution in [3.63, 3.8) is 0 Å². The Balaban J connectivity index is 1.04. The van der Waals surface area contributed by atoms with Gasteiger partial charge in [-0.1, -0.05) is 133 Å². The van der Waals surface area contributed by atoms with E-state index in [4.69, 9.17) is 4.98 Å². The van der Waals surface area contributed by atoms with Crippen LogP contribution in [0.15, 0.2) is 194 Å². The van der Waals surface area contributed by atoms with E-state index in [1.54, 1.807) is 6.20 Å². The van der Waals surface area contributed by atoms with Gasteiger partial charge < -0.3 is 4.57 Å². The highest BCUT2D eigenvalue weighted by molar-refractivity contribution is 7.85. The Kier molecular flexibility index (Phi) is 6.87. The van der Waals surface area contributed by atoms with E-state index in [1.165, 1.54) is 21.5 Å². The Bertz CT molecular complexity index is 3610. The molecular formula is C52H32N3OP. The maximum Gasteiger partial charge on any atom is 0.171 e. The molecule has 5 heteroatoms. The fourth-order valence-corrected chi connectivity index (χ4v) is 11.7. The molecule has 0 fully saturated rings. The van der Waals surface area contributed by atoms with E-state index in [0.717, 1.165) is 87.1 Å². The SMILES string of the molecule is O=P(c1ccc2ccccc2c1)(c1ccc2cc(-c3ccc4c5c6ccccc6ccc5c5nc6ccccc6n5c4c3)ccc2c1)c1ccc2cccnc2c1. The van der Waals surface area contributed by atoms with Gasteiger partial charge in [0, 0.05) is 43.7 Å². The zero-order valence-corrected chi connectivity index (χ0v) is 31.6. The molecule has 0 spiro atoms. The summed E-state index contributed by atoms with van der Waals surface area (Å²) in [5.41, 5.74) is 7.23. The number of nitrogens with zero attached hydrogens (tertiary/aromatic N) is 3. The van der Waals surface area contributed by atoms with Crippen LogP contribution in [-0.2, 0) is 4.57 Å². The fourth-order valence-electron chi connectivity index (χ4n) is 8.99. The smallest absolute Gasteiger partial charge is 0.171 e. The van der Waals surface area contributed by atoms with E-state index in [9.17, 15) is 0 Å². The molecule has 0 saturated heterocycles. The van der Waals surface area contributed by atoms with Gasteiger partial charge in [-0.25, -0.2) is 4.98 Å². The second-order valence-electron chi connectivity index (χ2n) is 15.0. The molecule has 4 nitrogen and oxygen atoms in total. The largest absolute Gasteiger partial charge is 0.309 e. The highest BCUT2D eigenvalue weighted by Crippen LogP contribution is 2.45. The lowest BCUT2D eigenvalue weighted by molar-refractivity contribution is 0.592. The molecule has 12 rings (SSSR count). The van der Waals surface area contributed by atoms with Crippen molar-refractivity contribution in [3.8, 4) is 11.1 Å². The van der Waals surface area contributed by atoms with Crippen LogP contribution in [0.4, 0.5) is 0 Å². The van der Waals surface area contributed by atoms with Gasteiger partial charge in [-0.3, -0.25) is 9.38 Å². The van der Waals surface area contributed by atoms with Crippen LogP contribution in [-0.4, -0.2) is 14.4 Å². The monoisotopic (exact) mass is 745 g/mol. The van der Waals surface area contributed by atoms with E-state index in [2.05, 4.69) is 149 Å². The standard InChI is InChI=1S/C52H32N3OP/c56-57(41-22-17-33-8-1-2-10-36(33)29-41,43-23-18-35-11-7-27-53-48(35)32-43)42-24-19-38-28-37(15-16-39(38)30-42)40-21-25-45-50(31-40)55-49-14-6-5-13-47(49)54-52(55)46-26-20-34-9-3-4-12-44(34)51(45)46/h1-32H. The van der Waals surface area contributed by atoms with Gasteiger partial charge in [0.1, 0.15) is 5.65 Å². The molecule has 0 N–H and O–H groups in total. The molecule has 0 aliphatic rings. The van der Waals surface area contributed by atoms with Gasteiger partial charge in [0.2, 0.25) is 0 Å². The summed E-state index contributed by atoms with van der Waals surface area (Å²) in [6.07, 6.45) is 1.79. The number of imidazole rings is 1. The maximum absolute atomic E-state index is 15.9. The number of fused-ring (bicyclic) bond motifs is 13. The summed E-state index contributed by atoms with van der Waals surface area (Å²) < 4.78 is 18.2. The van der Waals surface area contributed by atoms with E-state index < -0.39 is 7.14 Å². The molecule has 266 valence electrons. The van der Waals surface area contributed by atoms with Crippen LogP contribution < -0.4 is 15.9 Å². The minimum Gasteiger partial charge on any atom is -0.309 e. The molecule has 0 saturated carbocycles. The molecule has 57 heavy (non-hydrogen) atoms. The van der Waals surface area contributed by atoms with Gasteiger partial charge in [-0.15, -0.1) is 0 Å². The Labute approximate surface area is 327 Å². The Morgan fingerprint density at radius 1 is 0.404 bits per heavy atom. The number of pyridine rings is 2. The molecule has 1 unspecified atom stereocenters. The third kappa shape index (κ3) is 4.84. The van der Waals surface area contributed by atoms with Crippen LogP contribution in [0.1, 0.15) is 0 Å². The van der Waals surface area contributed by atoms with Gasteiger partial charge in [-0.05, 0) is 98.0 Å². The number of rotatable bonds is 4. The topological polar surface area (TPSA) is 47.3 Å². The van der Waals surface area contributed by atoms with E-state index >= 15 is 4.57 Å². The zero-order chi connectivity index (χ0) is 37.7. The Morgan fingerprint density at radius 3 is 1.88 bits per heavy atom. The molecule has 9 aromatic carbocycles. The summed E-state index contributed by atoms with van der Waals surface area (Å²) in [6.45, 7) is 0. The molecule has 3 aromatic heterocycles. The molecule has 0 radical (unpaired) electrons. The van der Waals surface area contributed by atoms with E-state index in [1.807, 2.05) is 48.5 Å². The third-order valence-corrected chi connectivity index (χ3v) is 14.8. The van der Waals surface area contributed by atoms with E-state index in [-0.39, 0.29) is 0 Å². The number of aromatic nitrogens is 3. The fraction of sp³-hybridized carbons (Fsp3) is 0. The van der Waals surface area contributed by atoms with Crippen LogP contribution in [0.2, 0.25) is 0 Å². The third-order valence-electron chi connectivity index (χ3n) is 11.8. The molecule has 3 heterocycles. The minimum atomic E-state index is -3.31. The first-order valence-corrected chi connectivity index (χ1v) is 20.9. The second kappa shape index (κ2) is 12.2. The average molecular weight is 746 g/mol. The lowest BCUT2D eigenvalue weighted by atomic mass is 9.96. The van der Waals surface area contributed by atoms with Crippen molar-refractivity contribution in [2.45, 2.75) is 0 Å². The van der Waals surface area contributed by atoms with Crippen molar-refractivity contribution in [1.82, 2.24) is 14.4 Å². The van der Waals surface area contributed by atoms with Crippen LogP contribution in [0.25, 0.3) is 92.7 Å². The summed E-state index contributed by atoms with van der Waals surface area (Å²) in [6, 6.07) is 65.7. The Morgan fingerprint density at radius 2 is 1.00 bits per heavy atom. The van der Waals surface area contributed by atoms with Crippen molar-refractivity contribution < 1.29 is 4.57 Å². The highest BCUT2D eigenvalue weighted by atomic mass is 31.2. The van der Waals surface area contributed by atoms with Crippen LogP contribution in [0, 0.1) is 0 Å². The summed E-state index contributed by atoms with van der Waals surface area (Å²) in [5, 5.41) is 13.7. The second-order valence-corrected chi connectivity index (χ2v) is 17.7. The summed E-state index contributed by atoms with van der Waals surface area (Å²) in [4.78, 5) is 9.81.